The van der Waals surface area contributed by atoms with Crippen LogP contribution in [0.5, 0.6) is 0 Å². The summed E-state index contributed by atoms with van der Waals surface area (Å²) in [6.45, 7) is 4.05. The van der Waals surface area contributed by atoms with E-state index in [0.29, 0.717) is 18.7 Å². The summed E-state index contributed by atoms with van der Waals surface area (Å²) >= 11 is 0. The Kier molecular flexibility index (Phi) is 4.57. The number of nitrogens with zero attached hydrogens (tertiary/aromatic N) is 1. The number of hydrogen-bond acceptors (Lipinski definition) is 3. The van der Waals surface area contributed by atoms with Gasteiger partial charge in [0.2, 0.25) is 11.8 Å². The molecule has 1 aliphatic rings. The number of carbonyl (C=O) groups excluding carboxylic acids is 2. The lowest BCUT2D eigenvalue weighted by atomic mass is 10.1. The van der Waals surface area contributed by atoms with Gasteiger partial charge in [0.15, 0.2) is 0 Å². The zero-order valence-corrected chi connectivity index (χ0v) is 12.2. The number of rotatable bonds is 4. The molecule has 3 N–H and O–H groups in total. The van der Waals surface area contributed by atoms with E-state index in [1.54, 1.807) is 6.07 Å². The maximum absolute atomic E-state index is 13.3. The summed E-state index contributed by atoms with van der Waals surface area (Å²) in [5.74, 6) is -0.985. The van der Waals surface area contributed by atoms with E-state index in [2.05, 4.69) is 5.32 Å². The SMILES string of the molecule is CC(C)[C@H](N)C(=O)NCC(=O)N1CCc2ccc(F)cc21. The summed E-state index contributed by atoms with van der Waals surface area (Å²) < 4.78 is 13.3. The van der Waals surface area contributed by atoms with Crippen molar-refractivity contribution in [1.29, 1.82) is 0 Å². The Bertz CT molecular complexity index is 560. The number of nitrogens with one attached hydrogen (secondary N) is 1. The molecule has 5 nitrogen and oxygen atoms in total. The van der Waals surface area contributed by atoms with Crippen LogP contribution >= 0.6 is 0 Å². The Morgan fingerprint density at radius 3 is 2.81 bits per heavy atom. The zero-order chi connectivity index (χ0) is 15.6. The van der Waals surface area contributed by atoms with Crippen LogP contribution in [0.4, 0.5) is 10.1 Å². The van der Waals surface area contributed by atoms with E-state index in [4.69, 9.17) is 5.73 Å². The van der Waals surface area contributed by atoms with Gasteiger partial charge in [-0.2, -0.15) is 0 Å². The average Bonchev–Trinajstić information content (AvgIpc) is 2.86. The summed E-state index contributed by atoms with van der Waals surface area (Å²) in [5, 5.41) is 2.54. The summed E-state index contributed by atoms with van der Waals surface area (Å²) in [6, 6.07) is 3.78. The van der Waals surface area contributed by atoms with Crippen molar-refractivity contribution < 1.29 is 14.0 Å². The van der Waals surface area contributed by atoms with Gasteiger partial charge in [-0.1, -0.05) is 19.9 Å². The van der Waals surface area contributed by atoms with Crippen LogP contribution in [0, 0.1) is 11.7 Å². The highest BCUT2D eigenvalue weighted by molar-refractivity contribution is 5.98. The van der Waals surface area contributed by atoms with E-state index in [1.807, 2.05) is 13.8 Å². The molecule has 0 saturated heterocycles. The zero-order valence-electron chi connectivity index (χ0n) is 12.2. The fourth-order valence-electron chi connectivity index (χ4n) is 2.29. The highest BCUT2D eigenvalue weighted by Gasteiger charge is 2.26. The molecule has 0 fully saturated rings. The first-order chi connectivity index (χ1) is 9.90. The van der Waals surface area contributed by atoms with Crippen molar-refractivity contribution in [1.82, 2.24) is 5.32 Å². The number of hydrogen-bond donors (Lipinski definition) is 2. The van der Waals surface area contributed by atoms with Crippen LogP contribution in [0.15, 0.2) is 18.2 Å². The largest absolute Gasteiger partial charge is 0.346 e. The minimum Gasteiger partial charge on any atom is -0.346 e. The molecule has 1 heterocycles. The molecule has 6 heteroatoms. The molecular formula is C15H20FN3O2. The van der Waals surface area contributed by atoms with E-state index >= 15 is 0 Å². The van der Waals surface area contributed by atoms with Gasteiger partial charge >= 0.3 is 0 Å². The molecule has 0 spiro atoms. The first-order valence-electron chi connectivity index (χ1n) is 7.02. The van der Waals surface area contributed by atoms with Crippen LogP contribution in [0.2, 0.25) is 0 Å². The van der Waals surface area contributed by atoms with Crippen molar-refractivity contribution in [2.45, 2.75) is 26.3 Å². The van der Waals surface area contributed by atoms with Gasteiger partial charge in [-0.25, -0.2) is 4.39 Å². The number of carbonyl (C=O) groups is 2. The average molecular weight is 293 g/mol. The van der Waals surface area contributed by atoms with Crippen molar-refractivity contribution in [2.24, 2.45) is 11.7 Å². The standard InChI is InChI=1S/C15H20FN3O2/c1-9(2)14(17)15(21)18-8-13(20)19-6-5-10-3-4-11(16)7-12(10)19/h3-4,7,9,14H,5-6,8,17H2,1-2H3,(H,18,21)/t14-/m0/s1. The Hall–Kier alpha value is -1.95. The van der Waals surface area contributed by atoms with Crippen molar-refractivity contribution >= 4 is 17.5 Å². The summed E-state index contributed by atoms with van der Waals surface area (Å²) in [5.41, 5.74) is 7.23. The number of amides is 2. The first-order valence-corrected chi connectivity index (χ1v) is 7.02. The Labute approximate surface area is 123 Å². The van der Waals surface area contributed by atoms with Gasteiger partial charge in [0, 0.05) is 12.2 Å². The van der Waals surface area contributed by atoms with Crippen LogP contribution in [0.25, 0.3) is 0 Å². The monoisotopic (exact) mass is 293 g/mol. The van der Waals surface area contributed by atoms with Crippen LogP contribution in [-0.4, -0.2) is 30.9 Å². The molecule has 2 rings (SSSR count). The lowest BCUT2D eigenvalue weighted by Gasteiger charge is -2.19. The summed E-state index contributed by atoms with van der Waals surface area (Å²) in [6.07, 6.45) is 0.695. The van der Waals surface area contributed by atoms with Gasteiger partial charge in [-0.05, 0) is 30.0 Å². The second-order valence-electron chi connectivity index (χ2n) is 5.56. The minimum atomic E-state index is -0.638. The molecule has 1 aliphatic heterocycles. The maximum atomic E-state index is 13.3. The van der Waals surface area contributed by atoms with Crippen LogP contribution < -0.4 is 16.0 Å². The fraction of sp³-hybridized carbons (Fsp3) is 0.467. The molecule has 1 aromatic rings. The third kappa shape index (κ3) is 3.39. The maximum Gasteiger partial charge on any atom is 0.246 e. The van der Waals surface area contributed by atoms with Crippen molar-refractivity contribution in [3.8, 4) is 0 Å². The molecule has 1 atom stereocenters. The van der Waals surface area contributed by atoms with Gasteiger partial charge < -0.3 is 16.0 Å². The van der Waals surface area contributed by atoms with Crippen molar-refractivity contribution in [3.05, 3.63) is 29.6 Å². The topological polar surface area (TPSA) is 75.4 Å². The predicted octanol–water partition coefficient (Wildman–Crippen LogP) is 0.814. The Balaban J connectivity index is 1.97. The number of fused-ring (bicyclic) bond motifs is 1. The Morgan fingerprint density at radius 1 is 1.43 bits per heavy atom. The molecule has 114 valence electrons. The van der Waals surface area contributed by atoms with Gasteiger partial charge in [-0.15, -0.1) is 0 Å². The quantitative estimate of drug-likeness (QED) is 0.863. The summed E-state index contributed by atoms with van der Waals surface area (Å²) in [4.78, 5) is 25.4. The van der Waals surface area contributed by atoms with Crippen LogP contribution in [0.3, 0.4) is 0 Å². The predicted molar refractivity (Wildman–Crippen MR) is 78.3 cm³/mol. The highest BCUT2D eigenvalue weighted by atomic mass is 19.1. The lowest BCUT2D eigenvalue weighted by Crippen LogP contribution is -2.47. The second-order valence-corrected chi connectivity index (χ2v) is 5.56. The fourth-order valence-corrected chi connectivity index (χ4v) is 2.29. The molecule has 0 radical (unpaired) electrons. The van der Waals surface area contributed by atoms with Crippen molar-refractivity contribution in [2.75, 3.05) is 18.0 Å². The summed E-state index contributed by atoms with van der Waals surface area (Å²) in [7, 11) is 0. The molecule has 0 aliphatic carbocycles. The number of anilines is 1. The number of benzene rings is 1. The van der Waals surface area contributed by atoms with E-state index in [0.717, 1.165) is 5.56 Å². The van der Waals surface area contributed by atoms with E-state index in [9.17, 15) is 14.0 Å². The molecule has 0 unspecified atom stereocenters. The third-order valence-electron chi connectivity index (χ3n) is 3.68. The lowest BCUT2D eigenvalue weighted by molar-refractivity contribution is -0.126. The van der Waals surface area contributed by atoms with E-state index in [1.165, 1.54) is 17.0 Å². The first kappa shape index (κ1) is 15.4. The molecule has 0 saturated carbocycles. The Morgan fingerprint density at radius 2 is 2.14 bits per heavy atom. The van der Waals surface area contributed by atoms with E-state index in [-0.39, 0.29) is 30.1 Å². The number of nitrogens with two attached hydrogens (primary N) is 1. The molecule has 2 amide bonds. The molecular weight excluding hydrogens is 273 g/mol. The molecule has 21 heavy (non-hydrogen) atoms. The van der Waals surface area contributed by atoms with Crippen LogP contribution in [-0.2, 0) is 16.0 Å². The molecule has 1 aromatic carbocycles. The number of halogens is 1. The highest BCUT2D eigenvalue weighted by Crippen LogP contribution is 2.28. The smallest absolute Gasteiger partial charge is 0.246 e. The van der Waals surface area contributed by atoms with Gasteiger partial charge in [0.25, 0.3) is 0 Å². The van der Waals surface area contributed by atoms with E-state index < -0.39 is 6.04 Å². The van der Waals surface area contributed by atoms with Gasteiger partial charge in [0.05, 0.1) is 12.6 Å². The van der Waals surface area contributed by atoms with Gasteiger partial charge in [0.1, 0.15) is 5.82 Å². The normalized spacial score (nSPS) is 15.0. The second kappa shape index (κ2) is 6.22. The third-order valence-corrected chi connectivity index (χ3v) is 3.68. The van der Waals surface area contributed by atoms with Crippen molar-refractivity contribution in [3.63, 3.8) is 0 Å². The van der Waals surface area contributed by atoms with Crippen LogP contribution in [0.1, 0.15) is 19.4 Å². The molecule has 0 aromatic heterocycles. The minimum absolute atomic E-state index is 0.00158. The van der Waals surface area contributed by atoms with Gasteiger partial charge in [-0.3, -0.25) is 9.59 Å². The molecule has 0 bridgehead atoms.